The third kappa shape index (κ3) is 4.32. The molecule has 0 bridgehead atoms. The first-order chi connectivity index (χ1) is 16.1. The average Bonchev–Trinajstić information content (AvgIpc) is 3.49. The number of imidazole rings is 2. The number of pyridine rings is 1. The van der Waals surface area contributed by atoms with E-state index in [1.807, 2.05) is 77.7 Å². The molecule has 0 atom stereocenters. The van der Waals surface area contributed by atoms with Crippen LogP contribution in [-0.4, -0.2) is 24.7 Å². The van der Waals surface area contributed by atoms with Gasteiger partial charge in [0.05, 0.1) is 12.5 Å². The monoisotopic (exact) mass is 430 g/mol. The average molecular weight is 431 g/mol. The minimum Gasteiger partial charge on any atom is -0.306 e. The van der Waals surface area contributed by atoms with Gasteiger partial charge in [-0.3, -0.25) is 9.20 Å². The fourth-order valence-electron chi connectivity index (χ4n) is 3.88. The van der Waals surface area contributed by atoms with Crippen molar-refractivity contribution in [2.24, 2.45) is 0 Å². The van der Waals surface area contributed by atoms with E-state index in [0.29, 0.717) is 12.0 Å². The van der Waals surface area contributed by atoms with E-state index in [9.17, 15) is 4.79 Å². The van der Waals surface area contributed by atoms with Crippen molar-refractivity contribution in [3.63, 3.8) is 0 Å². The summed E-state index contributed by atoms with van der Waals surface area (Å²) in [6, 6.07) is 17.7. The molecule has 5 aromatic rings. The Hall–Kier alpha value is -4.43. The number of Topliss-reactive ketones (excluding diaryl/α,β-unsaturated/α-hetero) is 1. The third-order valence-corrected chi connectivity index (χ3v) is 5.59. The summed E-state index contributed by atoms with van der Waals surface area (Å²) in [5.74, 6) is 6.50. The molecular weight excluding hydrogens is 408 g/mol. The van der Waals surface area contributed by atoms with E-state index < -0.39 is 0 Å². The second-order valence-electron chi connectivity index (χ2n) is 8.10. The lowest BCUT2D eigenvalue weighted by atomic mass is 9.98. The molecule has 0 saturated heterocycles. The van der Waals surface area contributed by atoms with Crippen LogP contribution < -0.4 is 0 Å². The van der Waals surface area contributed by atoms with E-state index in [1.54, 1.807) is 18.7 Å². The van der Waals surface area contributed by atoms with Crippen LogP contribution >= 0.6 is 0 Å². The quantitative estimate of drug-likeness (QED) is 0.299. The van der Waals surface area contributed by atoms with Crippen LogP contribution in [0.5, 0.6) is 0 Å². The second kappa shape index (κ2) is 8.60. The molecule has 5 nitrogen and oxygen atoms in total. The predicted octanol–water partition coefficient (Wildman–Crippen LogP) is 4.96. The minimum absolute atomic E-state index is 0.0648. The number of ketones is 1. The van der Waals surface area contributed by atoms with Gasteiger partial charge in [0.1, 0.15) is 11.3 Å². The zero-order chi connectivity index (χ0) is 22.8. The van der Waals surface area contributed by atoms with Crippen molar-refractivity contribution in [2.75, 3.05) is 0 Å². The summed E-state index contributed by atoms with van der Waals surface area (Å²) in [5.41, 5.74) is 7.28. The standard InChI is InChI=1S/C28H22N4O/c1-20-13-22(15-26(14-20)31-12-10-29-19-31)16-27(33)24-7-6-21(2)23(17-24)8-9-25-18-30-28-5-3-4-11-32(25)28/h3-7,10-15,17-19H,16H2,1-2H3. The molecule has 0 saturated carbocycles. The zero-order valence-corrected chi connectivity index (χ0v) is 18.5. The SMILES string of the molecule is Cc1cc(CC(=O)c2ccc(C)c(C#Cc3cnc4ccccn34)c2)cc(-n2ccnc2)c1. The topological polar surface area (TPSA) is 52.2 Å². The number of carbonyl (C=O) groups is 1. The summed E-state index contributed by atoms with van der Waals surface area (Å²) >= 11 is 0. The summed E-state index contributed by atoms with van der Waals surface area (Å²) in [5, 5.41) is 0. The predicted molar refractivity (Wildman–Crippen MR) is 129 cm³/mol. The molecule has 5 rings (SSSR count). The largest absolute Gasteiger partial charge is 0.306 e. The van der Waals surface area contributed by atoms with Crippen LogP contribution in [0.25, 0.3) is 11.3 Å². The molecule has 0 aliphatic carbocycles. The maximum atomic E-state index is 13.1. The highest BCUT2D eigenvalue weighted by Gasteiger charge is 2.11. The van der Waals surface area contributed by atoms with Gasteiger partial charge in [-0.25, -0.2) is 9.97 Å². The first kappa shape index (κ1) is 20.5. The molecule has 33 heavy (non-hydrogen) atoms. The normalized spacial score (nSPS) is 10.7. The van der Waals surface area contributed by atoms with Gasteiger partial charge in [-0.05, 0) is 66.8 Å². The molecule has 0 amide bonds. The van der Waals surface area contributed by atoms with Crippen molar-refractivity contribution in [1.82, 2.24) is 18.9 Å². The van der Waals surface area contributed by atoms with Gasteiger partial charge in [0.2, 0.25) is 0 Å². The van der Waals surface area contributed by atoms with Gasteiger partial charge in [-0.2, -0.15) is 0 Å². The lowest BCUT2D eigenvalue weighted by Gasteiger charge is -2.09. The van der Waals surface area contributed by atoms with Crippen molar-refractivity contribution >= 4 is 11.4 Å². The lowest BCUT2D eigenvalue weighted by molar-refractivity contribution is 0.0993. The first-order valence-electron chi connectivity index (χ1n) is 10.7. The van der Waals surface area contributed by atoms with E-state index in [1.165, 1.54) is 0 Å². The smallest absolute Gasteiger partial charge is 0.167 e. The number of rotatable bonds is 4. The van der Waals surface area contributed by atoms with Crippen molar-refractivity contribution in [3.05, 3.63) is 119 Å². The molecule has 0 N–H and O–H groups in total. The molecule has 0 fully saturated rings. The Balaban J connectivity index is 1.41. The summed E-state index contributed by atoms with van der Waals surface area (Å²) in [6.07, 6.45) is 9.44. The van der Waals surface area contributed by atoms with Crippen LogP contribution in [-0.2, 0) is 6.42 Å². The van der Waals surface area contributed by atoms with Gasteiger partial charge in [-0.15, -0.1) is 0 Å². The molecule has 0 unspecified atom stereocenters. The van der Waals surface area contributed by atoms with E-state index in [-0.39, 0.29) is 5.78 Å². The van der Waals surface area contributed by atoms with Gasteiger partial charge in [0.25, 0.3) is 0 Å². The van der Waals surface area contributed by atoms with E-state index in [0.717, 1.165) is 39.3 Å². The summed E-state index contributed by atoms with van der Waals surface area (Å²) in [7, 11) is 0. The van der Waals surface area contributed by atoms with Crippen molar-refractivity contribution in [2.45, 2.75) is 20.3 Å². The van der Waals surface area contributed by atoms with E-state index in [4.69, 9.17) is 0 Å². The number of carbonyl (C=O) groups excluding carboxylic acids is 1. The molecule has 0 aliphatic rings. The Kier molecular flexibility index (Phi) is 5.34. The summed E-state index contributed by atoms with van der Waals surface area (Å²) < 4.78 is 3.90. The number of fused-ring (bicyclic) bond motifs is 1. The number of hydrogen-bond acceptors (Lipinski definition) is 3. The number of aromatic nitrogens is 4. The van der Waals surface area contributed by atoms with Crippen LogP contribution in [0.3, 0.4) is 0 Å². The second-order valence-corrected chi connectivity index (χ2v) is 8.10. The summed E-state index contributed by atoms with van der Waals surface area (Å²) in [4.78, 5) is 21.6. The maximum Gasteiger partial charge on any atom is 0.167 e. The fourth-order valence-corrected chi connectivity index (χ4v) is 3.88. The van der Waals surface area contributed by atoms with Gasteiger partial charge < -0.3 is 4.57 Å². The highest BCUT2D eigenvalue weighted by molar-refractivity contribution is 5.98. The molecule has 0 aliphatic heterocycles. The van der Waals surface area contributed by atoms with Gasteiger partial charge >= 0.3 is 0 Å². The highest BCUT2D eigenvalue weighted by Crippen LogP contribution is 2.18. The van der Waals surface area contributed by atoms with Gasteiger partial charge in [-0.1, -0.05) is 30.2 Å². The molecule has 0 spiro atoms. The van der Waals surface area contributed by atoms with Gasteiger partial charge in [0.15, 0.2) is 5.78 Å². The minimum atomic E-state index is 0.0648. The zero-order valence-electron chi connectivity index (χ0n) is 18.5. The molecule has 3 heterocycles. The van der Waals surface area contributed by atoms with Crippen LogP contribution in [0.4, 0.5) is 0 Å². The Morgan fingerprint density at radius 2 is 1.91 bits per heavy atom. The molecule has 0 radical (unpaired) electrons. The Morgan fingerprint density at radius 3 is 2.76 bits per heavy atom. The third-order valence-electron chi connectivity index (χ3n) is 5.59. The lowest BCUT2D eigenvalue weighted by Crippen LogP contribution is -2.05. The first-order valence-corrected chi connectivity index (χ1v) is 10.7. The van der Waals surface area contributed by atoms with Crippen LogP contribution in [0, 0.1) is 25.7 Å². The highest BCUT2D eigenvalue weighted by atomic mass is 16.1. The van der Waals surface area contributed by atoms with Crippen molar-refractivity contribution < 1.29 is 4.79 Å². The van der Waals surface area contributed by atoms with Crippen LogP contribution in [0.1, 0.15) is 38.3 Å². The Labute approximate surface area is 192 Å². The molecule has 5 heteroatoms. The van der Waals surface area contributed by atoms with Crippen LogP contribution in [0.15, 0.2) is 85.7 Å². The van der Waals surface area contributed by atoms with E-state index in [2.05, 4.69) is 33.9 Å². The van der Waals surface area contributed by atoms with Gasteiger partial charge in [0, 0.05) is 41.8 Å². The Bertz CT molecular complexity index is 1530. The molecule has 3 aromatic heterocycles. The molecule has 2 aromatic carbocycles. The molecule has 160 valence electrons. The number of benzene rings is 2. The maximum absolute atomic E-state index is 13.1. The molecular formula is C28H22N4O. The fraction of sp³-hybridized carbons (Fsp3) is 0.107. The number of aryl methyl sites for hydroxylation is 2. The van der Waals surface area contributed by atoms with Crippen molar-refractivity contribution in [3.8, 4) is 17.5 Å². The number of hydrogen-bond donors (Lipinski definition) is 0. The van der Waals surface area contributed by atoms with Crippen molar-refractivity contribution in [1.29, 1.82) is 0 Å². The van der Waals surface area contributed by atoms with Crippen LogP contribution in [0.2, 0.25) is 0 Å². The van der Waals surface area contributed by atoms with E-state index >= 15 is 0 Å². The Morgan fingerprint density at radius 1 is 1.00 bits per heavy atom. The summed E-state index contributed by atoms with van der Waals surface area (Å²) in [6.45, 7) is 4.04. The number of nitrogens with zero attached hydrogens (tertiary/aromatic N) is 4.